The number of amides is 5. The summed E-state index contributed by atoms with van der Waals surface area (Å²) in [5.41, 5.74) is 13.2. The van der Waals surface area contributed by atoms with Crippen LogP contribution in [0.4, 0.5) is 0 Å². The fourth-order valence-electron chi connectivity index (χ4n) is 10.2. The van der Waals surface area contributed by atoms with Gasteiger partial charge in [-0.2, -0.15) is 12.6 Å². The summed E-state index contributed by atoms with van der Waals surface area (Å²) >= 11 is 3.99. The molecule has 0 spiro atoms. The molecule has 1 saturated heterocycles. The Kier molecular flexibility index (Phi) is 42.5. The molecule has 0 saturated carbocycles. The number of imidazole rings is 1. The van der Waals surface area contributed by atoms with Crippen molar-refractivity contribution in [3.8, 4) is 0 Å². The molecule has 26 nitrogen and oxygen atoms in total. The Hall–Kier alpha value is -4.74. The lowest BCUT2D eigenvalue weighted by atomic mass is 9.87. The molecular weight excluding hydrogens is 1220 g/mol. The van der Waals surface area contributed by atoms with Crippen LogP contribution in [-0.4, -0.2) is 220 Å². The molecule has 0 bridgehead atoms. The predicted octanol–water partition coefficient (Wildman–Crippen LogP) is 3.38. The van der Waals surface area contributed by atoms with Crippen LogP contribution in [0.3, 0.4) is 0 Å². The van der Waals surface area contributed by atoms with Gasteiger partial charge in [-0.05, 0) is 62.8 Å². The van der Waals surface area contributed by atoms with Crippen molar-refractivity contribution < 1.29 is 85.8 Å². The molecule has 0 aliphatic carbocycles. The molecule has 9 N–H and O–H groups in total. The Morgan fingerprint density at radius 1 is 0.703 bits per heavy atom. The van der Waals surface area contributed by atoms with Gasteiger partial charge in [-0.3, -0.25) is 38.1 Å². The summed E-state index contributed by atoms with van der Waals surface area (Å²) in [5, 5.41) is 8.33. The second-order valence-electron chi connectivity index (χ2n) is 23.4. The maximum absolute atomic E-state index is 14.5. The lowest BCUT2D eigenvalue weighted by molar-refractivity contribution is -0.140. The van der Waals surface area contributed by atoms with Crippen LogP contribution in [0, 0.1) is 23.7 Å². The monoisotopic (exact) mass is 1330 g/mol. The first kappa shape index (κ1) is 80.5. The van der Waals surface area contributed by atoms with Crippen LogP contribution in [0.15, 0.2) is 42.9 Å². The first-order valence-electron chi connectivity index (χ1n) is 32.3. The zero-order valence-electron chi connectivity index (χ0n) is 54.2. The van der Waals surface area contributed by atoms with Gasteiger partial charge in [-0.15, -0.1) is 0 Å². The smallest absolute Gasteiger partial charge is 0.325 e. The van der Waals surface area contributed by atoms with Crippen LogP contribution in [0.1, 0.15) is 116 Å². The Morgan fingerprint density at radius 3 is 1.78 bits per heavy atom. The average molecular weight is 1330 g/mol. The van der Waals surface area contributed by atoms with Gasteiger partial charge in [-0.1, -0.05) is 76.8 Å². The third-order valence-electron chi connectivity index (χ3n) is 15.3. The number of ketones is 2. The van der Waals surface area contributed by atoms with Crippen LogP contribution >= 0.6 is 20.2 Å². The number of likely N-dealkylation sites (tertiary alicyclic amines) is 1. The number of aryl methyl sites for hydroxylation is 2. The van der Waals surface area contributed by atoms with Gasteiger partial charge in [0.05, 0.1) is 149 Å². The van der Waals surface area contributed by atoms with E-state index < -0.39 is 91.4 Å². The summed E-state index contributed by atoms with van der Waals surface area (Å²) in [6, 6.07) is 6.82. The number of ether oxygens (including phenoxy) is 8. The van der Waals surface area contributed by atoms with E-state index in [4.69, 9.17) is 49.4 Å². The quantitative estimate of drug-likeness (QED) is 0.0267. The minimum absolute atomic E-state index is 0.0342. The predicted molar refractivity (Wildman–Crippen MR) is 345 cm³/mol. The molecule has 28 heteroatoms. The van der Waals surface area contributed by atoms with Crippen molar-refractivity contribution in [1.29, 1.82) is 0 Å². The van der Waals surface area contributed by atoms with E-state index in [9.17, 15) is 47.9 Å². The van der Waals surface area contributed by atoms with E-state index >= 15 is 0 Å². The number of nitrogens with zero attached hydrogens (tertiary/aromatic N) is 3. The second kappa shape index (κ2) is 48.0. The summed E-state index contributed by atoms with van der Waals surface area (Å²) in [6.45, 7) is 13.9. The molecular formula is C63H107N8O18PS. The highest BCUT2D eigenvalue weighted by Crippen LogP contribution is 2.39. The maximum Gasteiger partial charge on any atom is 0.325 e. The molecule has 91 heavy (non-hydrogen) atoms. The Bertz CT molecular complexity index is 2430. The lowest BCUT2D eigenvalue weighted by Gasteiger charge is -2.28. The van der Waals surface area contributed by atoms with Gasteiger partial charge in [0.1, 0.15) is 6.04 Å². The van der Waals surface area contributed by atoms with Crippen molar-refractivity contribution in [3.05, 3.63) is 54.1 Å². The first-order chi connectivity index (χ1) is 43.7. The Balaban J connectivity index is 1.40. The van der Waals surface area contributed by atoms with Crippen molar-refractivity contribution >= 4 is 61.3 Å². The molecule has 1 aliphatic rings. The summed E-state index contributed by atoms with van der Waals surface area (Å²) in [5.74, 6) is -6.45. The fourth-order valence-corrected chi connectivity index (χ4v) is 11.4. The van der Waals surface area contributed by atoms with E-state index in [0.717, 1.165) is 44.9 Å². The number of carbonyl (C=O) groups excluding carboxylic acids is 7. The maximum atomic E-state index is 14.5. The second-order valence-corrected chi connectivity index (χ2v) is 25.5. The zero-order chi connectivity index (χ0) is 66.7. The SMILES string of the molecule is CC(C)C[C@H](NC(=O)[C@@H]1CCCN1C(=O)CCOCCOCCOCCOCCOCCOCCOCCOCCNC(=O)[C@@H](N)CS)C(=O)C[C@@H](Cc1cncn1CCCCCCCCc1ccccc1)C(=O)N[C@@H](C)C(=O)C[C@H](C(N)=O)[C@@H](C)CP(=O)(O)O. The van der Waals surface area contributed by atoms with Crippen molar-refractivity contribution in [2.24, 2.45) is 35.1 Å². The summed E-state index contributed by atoms with van der Waals surface area (Å²) in [4.78, 5) is 119. The molecule has 3 rings (SSSR count). The number of thiol groups is 1. The van der Waals surface area contributed by atoms with Gasteiger partial charge in [0.2, 0.25) is 29.5 Å². The number of primary amides is 1. The molecule has 2 aromatic rings. The minimum atomic E-state index is -4.55. The van der Waals surface area contributed by atoms with E-state index in [1.165, 1.54) is 24.3 Å². The van der Waals surface area contributed by atoms with Crippen LogP contribution in [0.2, 0.25) is 0 Å². The largest absolute Gasteiger partial charge is 0.379 e. The van der Waals surface area contributed by atoms with Gasteiger partial charge in [-0.25, -0.2) is 4.98 Å². The number of nitrogens with two attached hydrogens (primary N) is 2. The molecule has 7 atom stereocenters. The van der Waals surface area contributed by atoms with Gasteiger partial charge < -0.3 is 84.6 Å². The van der Waals surface area contributed by atoms with E-state index in [-0.39, 0.29) is 69.0 Å². The Morgan fingerprint density at radius 2 is 1.24 bits per heavy atom. The fraction of sp³-hybridized carbons (Fsp3) is 0.746. The number of carbonyl (C=O) groups is 7. The van der Waals surface area contributed by atoms with Crippen molar-refractivity contribution in [2.75, 3.05) is 131 Å². The standard InChI is InChI=1S/C63H107N8O18PS/c1-47(2)39-55(69-63(78)56-18-14-22-71(56)59(74)19-23-82-25-27-84-29-31-86-33-35-88-37-38-89-36-34-87-32-30-85-28-26-83-24-20-67-62(77)54(64)45-91)58(73)41-51(61(76)68-49(4)57(72)42-53(60(65)75)48(3)44-90(79,80)81)40-52-43-66-46-70(52)21-13-8-6-5-7-10-15-50-16-11-9-12-17-50/h9,11-12,16-17,43,46-49,51,53-56,91H,5-8,10,13-15,18-42,44-45,64H2,1-4H3,(H2,65,75)(H,67,77)(H,68,76)(H,69,78)(H2,79,80,81)/t48-,49-,51+,53-,54-,55-,56-/m0/s1. The van der Waals surface area contributed by atoms with Crippen molar-refractivity contribution in [3.63, 3.8) is 0 Å². The van der Waals surface area contributed by atoms with Gasteiger partial charge in [0.25, 0.3) is 0 Å². The van der Waals surface area contributed by atoms with E-state index in [2.05, 4.69) is 57.8 Å². The highest BCUT2D eigenvalue weighted by atomic mass is 32.1. The molecule has 0 radical (unpaired) electrons. The lowest BCUT2D eigenvalue weighted by Crippen LogP contribution is -2.52. The van der Waals surface area contributed by atoms with Crippen molar-refractivity contribution in [2.45, 2.75) is 148 Å². The number of rotatable bonds is 56. The highest BCUT2D eigenvalue weighted by Gasteiger charge is 2.38. The summed E-state index contributed by atoms with van der Waals surface area (Å²) in [6.07, 6.45) is 10.6. The molecule has 1 aliphatic heterocycles. The number of unbranched alkanes of at least 4 members (excludes halogenated alkanes) is 5. The summed E-state index contributed by atoms with van der Waals surface area (Å²) in [7, 11) is -4.55. The molecule has 518 valence electrons. The third-order valence-corrected chi connectivity index (χ3v) is 16.7. The molecule has 1 aromatic carbocycles. The third kappa shape index (κ3) is 36.5. The van der Waals surface area contributed by atoms with Gasteiger partial charge >= 0.3 is 7.60 Å². The van der Waals surface area contributed by atoms with Gasteiger partial charge in [0.15, 0.2) is 11.6 Å². The van der Waals surface area contributed by atoms with E-state index in [0.29, 0.717) is 124 Å². The number of hydrogen-bond acceptors (Lipinski definition) is 19. The Labute approximate surface area is 543 Å². The van der Waals surface area contributed by atoms with E-state index in [1.54, 1.807) is 12.5 Å². The number of hydrogen-bond donors (Lipinski definition) is 8. The molecule has 0 unspecified atom stereocenters. The van der Waals surface area contributed by atoms with Crippen molar-refractivity contribution in [1.82, 2.24) is 30.4 Å². The normalized spacial score (nSPS) is 15.4. The van der Waals surface area contributed by atoms with Crippen LogP contribution in [0.5, 0.6) is 0 Å². The summed E-state index contributed by atoms with van der Waals surface area (Å²) < 4.78 is 57.9. The minimum Gasteiger partial charge on any atom is -0.379 e. The van der Waals surface area contributed by atoms with Gasteiger partial charge in [0, 0.05) is 62.5 Å². The number of aromatic nitrogens is 2. The highest BCUT2D eigenvalue weighted by molar-refractivity contribution is 7.80. The zero-order valence-corrected chi connectivity index (χ0v) is 56.0. The molecule has 1 fully saturated rings. The average Bonchev–Trinajstić information content (AvgIpc) is 2.07. The number of Topliss-reactive ketones (excluding diaryl/α,β-unsaturated/α-hetero) is 2. The first-order valence-corrected chi connectivity index (χ1v) is 34.7. The van der Waals surface area contributed by atoms with Crippen LogP contribution in [0.25, 0.3) is 0 Å². The van der Waals surface area contributed by atoms with E-state index in [1.807, 2.05) is 24.5 Å². The van der Waals surface area contributed by atoms with Crippen LogP contribution < -0.4 is 27.4 Å². The molecule has 5 amide bonds. The molecule has 1 aromatic heterocycles. The molecule has 2 heterocycles. The topological polar surface area (TPSA) is 360 Å². The number of nitrogens with one attached hydrogen (secondary N) is 3. The number of benzene rings is 1. The van der Waals surface area contributed by atoms with Crippen LogP contribution in [-0.2, 0) is 95.4 Å².